The summed E-state index contributed by atoms with van der Waals surface area (Å²) in [6.45, 7) is 17.4. The molecule has 46 heavy (non-hydrogen) atoms. The zero-order valence-electron chi connectivity index (χ0n) is 28.4. The molecule has 0 aliphatic rings. The van der Waals surface area contributed by atoms with Crippen molar-refractivity contribution in [3.8, 4) is 5.75 Å². The summed E-state index contributed by atoms with van der Waals surface area (Å²) < 4.78 is 39.4. The Morgan fingerprint density at radius 1 is 1.00 bits per heavy atom. The van der Waals surface area contributed by atoms with E-state index in [4.69, 9.17) is 36.0 Å². The molecule has 1 heterocycles. The van der Waals surface area contributed by atoms with Crippen LogP contribution in [0.5, 0.6) is 5.75 Å². The maximum atomic E-state index is 14.1. The number of ether oxygens (including phenoxy) is 3. The number of nitrogens with zero attached hydrogens (tertiary/aromatic N) is 3. The van der Waals surface area contributed by atoms with Gasteiger partial charge in [0.15, 0.2) is 13.5 Å². The SMILES string of the molecule is CC[Si](CC)(CC)OC(CN(CCOc1ccc2c(Cl)nn(C(=O)OC(C)(C)C)c2c1)C(=O)OC(C)(C)C)c1ccc(F)c(N)c1. The number of halogens is 2. The van der Waals surface area contributed by atoms with Gasteiger partial charge in [-0.1, -0.05) is 38.4 Å². The van der Waals surface area contributed by atoms with Crippen LogP contribution in [0, 0.1) is 5.82 Å². The van der Waals surface area contributed by atoms with Gasteiger partial charge in [-0.15, -0.1) is 5.10 Å². The first-order valence-electron chi connectivity index (χ1n) is 15.7. The molecule has 13 heteroatoms. The number of carbonyl (C=O) groups excluding carboxylic acids is 2. The van der Waals surface area contributed by atoms with Crippen LogP contribution in [0.4, 0.5) is 19.7 Å². The third-order valence-electron chi connectivity index (χ3n) is 7.56. The third-order valence-corrected chi connectivity index (χ3v) is 12.5. The number of hydrogen-bond donors (Lipinski definition) is 1. The van der Waals surface area contributed by atoms with Crippen LogP contribution in [0.3, 0.4) is 0 Å². The molecular formula is C33H48ClFN4O6Si. The number of anilines is 1. The van der Waals surface area contributed by atoms with Crippen LogP contribution < -0.4 is 10.5 Å². The van der Waals surface area contributed by atoms with Gasteiger partial charge in [-0.2, -0.15) is 4.68 Å². The summed E-state index contributed by atoms with van der Waals surface area (Å²) in [7, 11) is -2.18. The molecule has 3 aromatic rings. The topological polar surface area (TPSA) is 118 Å². The van der Waals surface area contributed by atoms with E-state index in [9.17, 15) is 14.0 Å². The number of nitrogen functional groups attached to an aromatic ring is 1. The van der Waals surface area contributed by atoms with E-state index in [1.807, 2.05) is 0 Å². The van der Waals surface area contributed by atoms with Crippen molar-refractivity contribution in [3.63, 3.8) is 0 Å². The summed E-state index contributed by atoms with van der Waals surface area (Å²) >= 11 is 6.30. The molecule has 254 valence electrons. The predicted octanol–water partition coefficient (Wildman–Crippen LogP) is 8.57. The van der Waals surface area contributed by atoms with Crippen molar-refractivity contribution in [2.45, 2.75) is 97.8 Å². The minimum atomic E-state index is -2.18. The van der Waals surface area contributed by atoms with Gasteiger partial charge < -0.3 is 29.3 Å². The van der Waals surface area contributed by atoms with Gasteiger partial charge in [0.1, 0.15) is 29.4 Å². The highest BCUT2D eigenvalue weighted by molar-refractivity contribution is 6.73. The lowest BCUT2D eigenvalue weighted by Crippen LogP contribution is -2.45. The Labute approximate surface area is 277 Å². The molecule has 0 saturated heterocycles. The Morgan fingerprint density at radius 2 is 1.63 bits per heavy atom. The molecule has 1 amide bonds. The van der Waals surface area contributed by atoms with Crippen molar-refractivity contribution >= 4 is 48.7 Å². The number of nitrogens with two attached hydrogens (primary N) is 1. The monoisotopic (exact) mass is 678 g/mol. The second-order valence-electron chi connectivity index (χ2n) is 13.3. The lowest BCUT2D eigenvalue weighted by molar-refractivity contribution is 0.0131. The van der Waals surface area contributed by atoms with Crippen molar-refractivity contribution in [1.82, 2.24) is 14.7 Å². The van der Waals surface area contributed by atoms with E-state index >= 15 is 0 Å². The minimum Gasteiger partial charge on any atom is -0.492 e. The summed E-state index contributed by atoms with van der Waals surface area (Å²) in [5.41, 5.74) is 5.59. The molecule has 0 spiro atoms. The molecule has 0 aliphatic heterocycles. The average Bonchev–Trinajstić information content (AvgIpc) is 3.30. The molecule has 10 nitrogen and oxygen atoms in total. The Morgan fingerprint density at radius 3 is 2.20 bits per heavy atom. The highest BCUT2D eigenvalue weighted by Crippen LogP contribution is 2.32. The lowest BCUT2D eigenvalue weighted by atomic mass is 10.1. The first kappa shape index (κ1) is 37.1. The molecule has 0 aliphatic carbocycles. The molecule has 0 bridgehead atoms. The normalized spacial score (nSPS) is 13.0. The van der Waals surface area contributed by atoms with Gasteiger partial charge >= 0.3 is 12.2 Å². The molecule has 3 rings (SSSR count). The second-order valence-corrected chi connectivity index (χ2v) is 18.3. The summed E-state index contributed by atoms with van der Waals surface area (Å²) in [6.07, 6.45) is -1.78. The highest BCUT2D eigenvalue weighted by atomic mass is 35.5. The fourth-order valence-corrected chi connectivity index (χ4v) is 7.97. The van der Waals surface area contributed by atoms with E-state index in [2.05, 4.69) is 25.9 Å². The predicted molar refractivity (Wildman–Crippen MR) is 182 cm³/mol. The molecule has 1 aromatic heterocycles. The largest absolute Gasteiger partial charge is 0.492 e. The number of rotatable bonds is 12. The van der Waals surface area contributed by atoms with Gasteiger partial charge in [0.25, 0.3) is 0 Å². The smallest absolute Gasteiger partial charge is 0.435 e. The second kappa shape index (κ2) is 15.0. The summed E-state index contributed by atoms with van der Waals surface area (Å²) in [5, 5.41) is 4.86. The quantitative estimate of drug-likeness (QED) is 0.150. The molecule has 0 saturated carbocycles. The standard InChI is InChI=1S/C33H48ClFN4O6Si/c1-10-46(11-2,12-3)45-28(22-13-16-25(35)26(36)19-22)21-38(30(40)43-32(4,5)6)17-18-42-23-14-15-24-27(20-23)39(37-29(24)34)31(41)44-33(7,8)9/h13-16,19-20,28H,10-12,17-18,21,36H2,1-9H3. The van der Waals surface area contributed by atoms with Crippen molar-refractivity contribution in [2.24, 2.45) is 0 Å². The van der Waals surface area contributed by atoms with E-state index in [0.29, 0.717) is 22.2 Å². The van der Waals surface area contributed by atoms with Gasteiger partial charge in [0.2, 0.25) is 0 Å². The fourth-order valence-electron chi connectivity index (χ4n) is 4.92. The fraction of sp³-hybridized carbons (Fsp3) is 0.545. The van der Waals surface area contributed by atoms with Crippen LogP contribution in [0.25, 0.3) is 10.9 Å². The third kappa shape index (κ3) is 9.82. The molecule has 1 unspecified atom stereocenters. The molecular weight excluding hydrogens is 631 g/mol. The summed E-state index contributed by atoms with van der Waals surface area (Å²) in [6, 6.07) is 12.3. The minimum absolute atomic E-state index is 0.0103. The number of amides is 1. The van der Waals surface area contributed by atoms with E-state index in [1.54, 1.807) is 71.9 Å². The van der Waals surface area contributed by atoms with E-state index in [1.165, 1.54) is 11.0 Å². The van der Waals surface area contributed by atoms with Crippen molar-refractivity contribution in [3.05, 3.63) is 52.9 Å². The first-order chi connectivity index (χ1) is 21.4. The average molecular weight is 679 g/mol. The van der Waals surface area contributed by atoms with Crippen LogP contribution in [0.2, 0.25) is 23.3 Å². The number of hydrogen-bond acceptors (Lipinski definition) is 8. The van der Waals surface area contributed by atoms with E-state index < -0.39 is 43.6 Å². The number of carbonyl (C=O) groups is 2. The number of fused-ring (bicyclic) bond motifs is 1. The Kier molecular flexibility index (Phi) is 12.1. The van der Waals surface area contributed by atoms with Gasteiger partial charge in [0.05, 0.1) is 30.4 Å². The molecule has 0 radical (unpaired) electrons. The zero-order chi connectivity index (χ0) is 34.4. The van der Waals surface area contributed by atoms with Crippen LogP contribution in [-0.2, 0) is 13.9 Å². The Bertz CT molecular complexity index is 1510. The first-order valence-corrected chi connectivity index (χ1v) is 18.6. The van der Waals surface area contributed by atoms with Gasteiger partial charge in [-0.05, 0) is 89.5 Å². The number of benzene rings is 2. The van der Waals surface area contributed by atoms with Crippen molar-refractivity contribution in [1.29, 1.82) is 0 Å². The van der Waals surface area contributed by atoms with Crippen molar-refractivity contribution in [2.75, 3.05) is 25.4 Å². The van der Waals surface area contributed by atoms with E-state index in [-0.39, 0.29) is 30.5 Å². The van der Waals surface area contributed by atoms with E-state index in [0.717, 1.165) is 22.8 Å². The molecule has 2 aromatic carbocycles. The van der Waals surface area contributed by atoms with Gasteiger partial charge in [-0.25, -0.2) is 14.0 Å². The molecule has 2 N–H and O–H groups in total. The zero-order valence-corrected chi connectivity index (χ0v) is 30.2. The van der Waals surface area contributed by atoms with Crippen LogP contribution >= 0.6 is 11.6 Å². The van der Waals surface area contributed by atoms with Crippen LogP contribution in [0.15, 0.2) is 36.4 Å². The van der Waals surface area contributed by atoms with Crippen LogP contribution in [-0.4, -0.2) is 66.1 Å². The van der Waals surface area contributed by atoms with Gasteiger partial charge in [-0.3, -0.25) is 0 Å². The van der Waals surface area contributed by atoms with Gasteiger partial charge in [0, 0.05) is 11.5 Å². The van der Waals surface area contributed by atoms with Crippen molar-refractivity contribution < 1.29 is 32.6 Å². The lowest BCUT2D eigenvalue weighted by Gasteiger charge is -2.36. The molecule has 0 fully saturated rings. The summed E-state index contributed by atoms with van der Waals surface area (Å²) in [5.74, 6) is -0.0809. The van der Waals surface area contributed by atoms with Crippen LogP contribution in [0.1, 0.15) is 74.0 Å². The summed E-state index contributed by atoms with van der Waals surface area (Å²) in [4.78, 5) is 27.9. The Hall–Kier alpha value is -3.35. The highest BCUT2D eigenvalue weighted by Gasteiger charge is 2.35. The Balaban J connectivity index is 1.90. The molecule has 1 atom stereocenters. The maximum absolute atomic E-state index is 14.1. The maximum Gasteiger partial charge on any atom is 0.435 e. The number of aromatic nitrogens is 2.